The molecule has 0 unspecified atom stereocenters. The van der Waals surface area contributed by atoms with Gasteiger partial charge in [0.1, 0.15) is 11.5 Å². The number of methoxy groups -OCH3 is 2. The molecule has 148 valence electrons. The minimum Gasteiger partial charge on any atom is -0.496 e. The second kappa shape index (κ2) is 7.58. The summed E-state index contributed by atoms with van der Waals surface area (Å²) < 4.78 is 16.1. The number of ether oxygens (including phenoxy) is 2. The van der Waals surface area contributed by atoms with Gasteiger partial charge in [0, 0.05) is 30.8 Å². The number of imidazole rings is 1. The number of hydrogen-bond acceptors (Lipinski definition) is 5. The summed E-state index contributed by atoms with van der Waals surface area (Å²) in [5, 5.41) is 10.9. The number of aryl methyl sites for hydroxylation is 1. The molecule has 2 heterocycles. The van der Waals surface area contributed by atoms with Crippen molar-refractivity contribution in [3.05, 3.63) is 52.3 Å². The predicted molar refractivity (Wildman–Crippen MR) is 111 cm³/mol. The van der Waals surface area contributed by atoms with Crippen molar-refractivity contribution in [2.24, 2.45) is 0 Å². The van der Waals surface area contributed by atoms with E-state index in [0.717, 1.165) is 39.2 Å². The Morgan fingerprint density at radius 3 is 2.32 bits per heavy atom. The Bertz CT molecular complexity index is 1070. The molecule has 1 aromatic heterocycles. The normalized spacial score (nSPS) is 16.9. The lowest BCUT2D eigenvalue weighted by atomic mass is 9.95. The third-order valence-corrected chi connectivity index (χ3v) is 5.88. The standard InChI is InChI=1S/C21H25N3O3S/c1-4-23-15-7-5-6-8-16(15)24(21(23)28)13-22-11-14-18(26-2)9-10-19(27-3)20(14)17(25)12-22/h5-10,17,25H,4,11-13H2,1-3H3/t17-/m0/s1. The molecule has 0 saturated heterocycles. The van der Waals surface area contributed by atoms with Gasteiger partial charge in [0.05, 0.1) is 38.0 Å². The number of rotatable bonds is 5. The maximum absolute atomic E-state index is 10.9. The van der Waals surface area contributed by atoms with Crippen molar-refractivity contribution in [1.82, 2.24) is 14.0 Å². The Morgan fingerprint density at radius 1 is 1.04 bits per heavy atom. The van der Waals surface area contributed by atoms with Crippen LogP contribution >= 0.6 is 12.2 Å². The molecule has 0 bridgehead atoms. The van der Waals surface area contributed by atoms with Crippen molar-refractivity contribution in [2.45, 2.75) is 32.8 Å². The Hall–Kier alpha value is -2.35. The highest BCUT2D eigenvalue weighted by molar-refractivity contribution is 7.71. The first-order valence-corrected chi connectivity index (χ1v) is 9.82. The molecule has 2 aromatic carbocycles. The summed E-state index contributed by atoms with van der Waals surface area (Å²) in [7, 11) is 3.28. The van der Waals surface area contributed by atoms with Crippen LogP contribution in [-0.2, 0) is 19.8 Å². The minimum atomic E-state index is -0.650. The third kappa shape index (κ3) is 2.99. The summed E-state index contributed by atoms with van der Waals surface area (Å²) in [5.74, 6) is 1.46. The van der Waals surface area contributed by atoms with Crippen LogP contribution in [0.3, 0.4) is 0 Å². The molecule has 1 N–H and O–H groups in total. The second-order valence-corrected chi connectivity index (χ2v) is 7.34. The van der Waals surface area contributed by atoms with Crippen LogP contribution in [0, 0.1) is 4.77 Å². The molecule has 0 spiro atoms. The van der Waals surface area contributed by atoms with E-state index < -0.39 is 6.10 Å². The highest BCUT2D eigenvalue weighted by Gasteiger charge is 2.30. The Morgan fingerprint density at radius 2 is 1.68 bits per heavy atom. The first kappa shape index (κ1) is 19.0. The third-order valence-electron chi connectivity index (χ3n) is 5.44. The summed E-state index contributed by atoms with van der Waals surface area (Å²) >= 11 is 5.75. The van der Waals surface area contributed by atoms with E-state index in [-0.39, 0.29) is 0 Å². The van der Waals surface area contributed by atoms with Gasteiger partial charge in [-0.3, -0.25) is 4.90 Å². The molecule has 3 aromatic rings. The Labute approximate surface area is 169 Å². The topological polar surface area (TPSA) is 51.8 Å². The van der Waals surface area contributed by atoms with Crippen LogP contribution in [0.4, 0.5) is 0 Å². The number of hydrogen-bond donors (Lipinski definition) is 1. The van der Waals surface area contributed by atoms with E-state index in [1.54, 1.807) is 14.2 Å². The lowest BCUT2D eigenvalue weighted by Gasteiger charge is -2.34. The molecular weight excluding hydrogens is 374 g/mol. The zero-order chi connectivity index (χ0) is 19.8. The molecule has 7 heteroatoms. The van der Waals surface area contributed by atoms with Crippen LogP contribution < -0.4 is 9.47 Å². The van der Waals surface area contributed by atoms with Gasteiger partial charge in [-0.25, -0.2) is 0 Å². The van der Waals surface area contributed by atoms with Crippen molar-refractivity contribution in [3.63, 3.8) is 0 Å². The molecule has 1 aliphatic rings. The molecule has 0 radical (unpaired) electrons. The van der Waals surface area contributed by atoms with Crippen LogP contribution in [-0.4, -0.2) is 39.9 Å². The second-order valence-electron chi connectivity index (χ2n) is 6.97. The van der Waals surface area contributed by atoms with E-state index >= 15 is 0 Å². The van der Waals surface area contributed by atoms with E-state index in [2.05, 4.69) is 33.1 Å². The van der Waals surface area contributed by atoms with Crippen molar-refractivity contribution >= 4 is 23.3 Å². The molecule has 6 nitrogen and oxygen atoms in total. The van der Waals surface area contributed by atoms with Crippen LogP contribution in [0.25, 0.3) is 11.0 Å². The number of aliphatic hydroxyl groups is 1. The number of para-hydroxylation sites is 2. The number of aliphatic hydroxyl groups excluding tert-OH is 1. The molecule has 1 aliphatic heterocycles. The first-order valence-electron chi connectivity index (χ1n) is 9.41. The maximum Gasteiger partial charge on any atom is 0.181 e. The van der Waals surface area contributed by atoms with Gasteiger partial charge >= 0.3 is 0 Å². The number of benzene rings is 2. The zero-order valence-electron chi connectivity index (χ0n) is 16.4. The van der Waals surface area contributed by atoms with Crippen molar-refractivity contribution in [2.75, 3.05) is 20.8 Å². The van der Waals surface area contributed by atoms with Crippen molar-refractivity contribution in [1.29, 1.82) is 0 Å². The molecule has 28 heavy (non-hydrogen) atoms. The van der Waals surface area contributed by atoms with E-state index in [1.807, 2.05) is 24.3 Å². The average molecular weight is 400 g/mol. The van der Waals surface area contributed by atoms with Crippen LogP contribution in [0.2, 0.25) is 0 Å². The monoisotopic (exact) mass is 399 g/mol. The molecule has 0 amide bonds. The fraction of sp³-hybridized carbons (Fsp3) is 0.381. The number of nitrogens with zero attached hydrogens (tertiary/aromatic N) is 3. The Balaban J connectivity index is 1.74. The minimum absolute atomic E-state index is 0.504. The smallest absolute Gasteiger partial charge is 0.181 e. The van der Waals surface area contributed by atoms with Crippen LogP contribution in [0.1, 0.15) is 24.2 Å². The van der Waals surface area contributed by atoms with Gasteiger partial charge in [0.15, 0.2) is 4.77 Å². The number of β-amino-alcohol motifs (C(OH)–C–C–N with tert-alkyl or cyclic N) is 1. The molecule has 4 rings (SSSR count). The molecule has 0 saturated carbocycles. The zero-order valence-corrected chi connectivity index (χ0v) is 17.2. The van der Waals surface area contributed by atoms with Gasteiger partial charge in [-0.05, 0) is 43.4 Å². The van der Waals surface area contributed by atoms with Gasteiger partial charge < -0.3 is 23.7 Å². The van der Waals surface area contributed by atoms with Crippen LogP contribution in [0.15, 0.2) is 36.4 Å². The van der Waals surface area contributed by atoms with Crippen molar-refractivity contribution < 1.29 is 14.6 Å². The average Bonchev–Trinajstić information content (AvgIpc) is 2.98. The summed E-state index contributed by atoms with van der Waals surface area (Å²) in [5.41, 5.74) is 4.02. The fourth-order valence-corrected chi connectivity index (χ4v) is 4.55. The highest BCUT2D eigenvalue weighted by atomic mass is 32.1. The summed E-state index contributed by atoms with van der Waals surface area (Å²) in [6.07, 6.45) is -0.650. The first-order chi connectivity index (χ1) is 13.6. The van der Waals surface area contributed by atoms with Gasteiger partial charge in [0.2, 0.25) is 0 Å². The van der Waals surface area contributed by atoms with E-state index in [1.165, 1.54) is 0 Å². The predicted octanol–water partition coefficient (Wildman–Crippen LogP) is 3.72. The highest BCUT2D eigenvalue weighted by Crippen LogP contribution is 2.39. The van der Waals surface area contributed by atoms with E-state index in [0.29, 0.717) is 25.5 Å². The lowest BCUT2D eigenvalue weighted by molar-refractivity contribution is 0.0709. The van der Waals surface area contributed by atoms with Gasteiger partial charge in [-0.1, -0.05) is 12.1 Å². The lowest BCUT2D eigenvalue weighted by Crippen LogP contribution is -2.35. The van der Waals surface area contributed by atoms with Gasteiger partial charge in [-0.2, -0.15) is 0 Å². The number of fused-ring (bicyclic) bond motifs is 2. The molecular formula is C21H25N3O3S. The molecule has 1 atom stereocenters. The van der Waals surface area contributed by atoms with E-state index in [9.17, 15) is 5.11 Å². The summed E-state index contributed by atoms with van der Waals surface area (Å²) in [6.45, 7) is 4.68. The van der Waals surface area contributed by atoms with Crippen LogP contribution in [0.5, 0.6) is 11.5 Å². The van der Waals surface area contributed by atoms with Crippen molar-refractivity contribution in [3.8, 4) is 11.5 Å². The fourth-order valence-electron chi connectivity index (χ4n) is 4.17. The molecule has 0 aliphatic carbocycles. The van der Waals surface area contributed by atoms with Gasteiger partial charge in [-0.15, -0.1) is 0 Å². The largest absolute Gasteiger partial charge is 0.496 e. The number of aromatic nitrogens is 2. The molecule has 0 fully saturated rings. The quantitative estimate of drug-likeness (QED) is 0.663. The van der Waals surface area contributed by atoms with Gasteiger partial charge in [0.25, 0.3) is 0 Å². The Kier molecular flexibility index (Phi) is 5.14. The SMILES string of the molecule is CCn1c(=S)n(CN2Cc3c(OC)ccc(OC)c3[C@@H](O)C2)c2ccccc21. The maximum atomic E-state index is 10.9. The summed E-state index contributed by atoms with van der Waals surface area (Å²) in [4.78, 5) is 2.19. The summed E-state index contributed by atoms with van der Waals surface area (Å²) in [6, 6.07) is 12.0. The van der Waals surface area contributed by atoms with E-state index in [4.69, 9.17) is 21.7 Å².